The van der Waals surface area contributed by atoms with E-state index in [4.69, 9.17) is 27.8 Å². The molecule has 1 aromatic heterocycles. The second kappa shape index (κ2) is 12.9. The van der Waals surface area contributed by atoms with Gasteiger partial charge in [-0.25, -0.2) is 18.3 Å². The van der Waals surface area contributed by atoms with Crippen molar-refractivity contribution < 1.29 is 46.6 Å². The van der Waals surface area contributed by atoms with E-state index < -0.39 is 81.3 Å². The third-order valence-electron chi connectivity index (χ3n) is 5.28. The van der Waals surface area contributed by atoms with Crippen molar-refractivity contribution in [1.82, 2.24) is 9.55 Å². The summed E-state index contributed by atoms with van der Waals surface area (Å²) in [5.74, 6) is -0.658. The van der Waals surface area contributed by atoms with Crippen molar-refractivity contribution in [3.05, 3.63) is 33.1 Å². The Bertz CT molecular complexity index is 1160. The Hall–Kier alpha value is -2.26. The van der Waals surface area contributed by atoms with Gasteiger partial charge in [-0.2, -0.15) is 0 Å². The van der Waals surface area contributed by atoms with Gasteiger partial charge in [-0.1, -0.05) is 20.8 Å². The number of carbonyl (C=O) groups is 1. The summed E-state index contributed by atoms with van der Waals surface area (Å²) >= 11 is 0. The fourth-order valence-electron chi connectivity index (χ4n) is 3.26. The number of aliphatic hydroxyl groups excluding tert-OH is 1. The molecule has 222 valence electrons. The first-order valence-electron chi connectivity index (χ1n) is 12.0. The number of aromatic nitrogens is 2. The minimum Gasteiger partial charge on any atom is -0.437 e. The molecule has 0 amide bonds. The van der Waals surface area contributed by atoms with E-state index in [0.29, 0.717) is 0 Å². The number of aliphatic hydroxyl groups is 1. The third-order valence-corrected chi connectivity index (χ3v) is 6.57. The number of H-pyrrole nitrogens is 1. The Morgan fingerprint density at radius 3 is 2.44 bits per heavy atom. The summed E-state index contributed by atoms with van der Waals surface area (Å²) < 4.78 is 61.1. The molecule has 0 radical (unpaired) electrons. The molecule has 2 N–H and O–H groups in total. The fraction of sp³-hybridized carbons (Fsp3) is 0.739. The maximum Gasteiger partial charge on any atom is 0.479 e. The van der Waals surface area contributed by atoms with Crippen molar-refractivity contribution in [2.45, 2.75) is 65.6 Å². The molecule has 0 aliphatic carbocycles. The van der Waals surface area contributed by atoms with Crippen LogP contribution in [0.1, 0.15) is 47.8 Å². The summed E-state index contributed by atoms with van der Waals surface area (Å²) in [6, 6.07) is 0.971. The minimum atomic E-state index is -4.58. The predicted octanol–water partition coefficient (Wildman–Crippen LogP) is 1.93. The maximum absolute atomic E-state index is 15.2. The second-order valence-electron chi connectivity index (χ2n) is 11.2. The number of aromatic amines is 1. The molecule has 16 heteroatoms. The Morgan fingerprint density at radius 1 is 1.23 bits per heavy atom. The molecule has 0 spiro atoms. The van der Waals surface area contributed by atoms with E-state index in [9.17, 15) is 24.1 Å². The molecule has 1 unspecified atom stereocenters. The summed E-state index contributed by atoms with van der Waals surface area (Å²) in [5.41, 5.74) is -4.83. The Morgan fingerprint density at radius 2 is 1.87 bits per heavy atom. The third kappa shape index (κ3) is 9.13. The monoisotopic (exact) mass is 581 g/mol. The highest BCUT2D eigenvalue weighted by Gasteiger charge is 2.57. The average molecular weight is 582 g/mol. The zero-order chi connectivity index (χ0) is 29.6. The predicted molar refractivity (Wildman–Crippen MR) is 136 cm³/mol. The molecule has 1 saturated heterocycles. The van der Waals surface area contributed by atoms with Crippen LogP contribution in [0.25, 0.3) is 0 Å². The van der Waals surface area contributed by atoms with Crippen molar-refractivity contribution in [3.8, 4) is 0 Å². The summed E-state index contributed by atoms with van der Waals surface area (Å²) in [4.78, 5) is 41.3. The van der Waals surface area contributed by atoms with Gasteiger partial charge in [0.1, 0.15) is 11.7 Å². The number of nitrogens with zero attached hydrogens (tertiary/aromatic N) is 2. The van der Waals surface area contributed by atoms with E-state index >= 15 is 4.39 Å². The molecule has 1 fully saturated rings. The van der Waals surface area contributed by atoms with Crippen molar-refractivity contribution >= 4 is 20.5 Å². The molecule has 0 bridgehead atoms. The van der Waals surface area contributed by atoms with Gasteiger partial charge in [0.05, 0.1) is 25.2 Å². The Kier molecular flexibility index (Phi) is 10.9. The van der Waals surface area contributed by atoms with Crippen molar-refractivity contribution in [3.63, 3.8) is 0 Å². The second-order valence-corrected chi connectivity index (χ2v) is 12.8. The zero-order valence-corrected chi connectivity index (χ0v) is 23.8. The van der Waals surface area contributed by atoms with E-state index in [2.05, 4.69) is 11.7 Å². The maximum atomic E-state index is 15.2. The highest BCUT2D eigenvalue weighted by atomic mass is 31.2. The van der Waals surface area contributed by atoms with E-state index in [1.54, 1.807) is 20.8 Å². The largest absolute Gasteiger partial charge is 0.479 e. The summed E-state index contributed by atoms with van der Waals surface area (Å²) in [6.07, 6.45) is -4.84. The number of aliphatic imine (C=N–C) groups is 1. The number of hydrogen-bond acceptors (Lipinski definition) is 12. The molecule has 0 aromatic carbocycles. The minimum absolute atomic E-state index is 0.220. The summed E-state index contributed by atoms with van der Waals surface area (Å²) in [7, 11) is -4.58. The number of ether oxygens (including phenoxy) is 3. The van der Waals surface area contributed by atoms with Crippen LogP contribution in [0, 0.1) is 10.8 Å². The molecule has 0 saturated carbocycles. The van der Waals surface area contributed by atoms with Gasteiger partial charge < -0.3 is 19.3 Å². The number of rotatable bonds is 13. The lowest BCUT2D eigenvalue weighted by molar-refractivity contribution is -0.162. The molecule has 14 nitrogen and oxygen atoms in total. The molecule has 1 aromatic rings. The van der Waals surface area contributed by atoms with Crippen LogP contribution in [0.5, 0.6) is 0 Å². The van der Waals surface area contributed by atoms with Gasteiger partial charge in [0.15, 0.2) is 19.2 Å². The number of halogens is 1. The van der Waals surface area contributed by atoms with Gasteiger partial charge in [-0.15, -0.1) is 0 Å². The highest BCUT2D eigenvalue weighted by molar-refractivity contribution is 7.48. The van der Waals surface area contributed by atoms with Crippen molar-refractivity contribution in [2.24, 2.45) is 15.8 Å². The first-order valence-corrected chi connectivity index (χ1v) is 13.4. The SMILES string of the molecule is C=NC[C@]1(COP(=O)(OCOCC(C)(C)C)OCOC(=O)C(C)(C)C)O[C@@H](n2ccc(=O)[nH]c2=O)[C@H](F)[C@@H]1O. The molecular weight excluding hydrogens is 544 g/mol. The number of nitrogens with one attached hydrogen (secondary N) is 1. The van der Waals surface area contributed by atoms with Crippen LogP contribution in [0.15, 0.2) is 26.8 Å². The van der Waals surface area contributed by atoms with Crippen LogP contribution in [0.2, 0.25) is 0 Å². The lowest BCUT2D eigenvalue weighted by atomic mass is 9.97. The van der Waals surface area contributed by atoms with Crippen LogP contribution in [-0.2, 0) is 37.1 Å². The Balaban J connectivity index is 2.24. The normalized spacial score (nSPS) is 25.3. The topological polar surface area (TPSA) is 177 Å². The molecule has 2 heterocycles. The average Bonchev–Trinajstić information content (AvgIpc) is 3.05. The molecule has 39 heavy (non-hydrogen) atoms. The molecule has 5 atom stereocenters. The number of phosphoric ester groups is 1. The van der Waals surface area contributed by atoms with E-state index in [1.165, 1.54) is 0 Å². The number of hydrogen-bond donors (Lipinski definition) is 2. The fourth-order valence-corrected chi connectivity index (χ4v) is 4.24. The standard InChI is InChI=1S/C23H37FN3O11P/c1-21(2,3)11-33-13-36-39(32,37-14-34-19(30)22(4,5)6)35-12-23(10-25-7)17(29)16(24)18(38-23)27-9-8-15(28)26-20(27)31/h8-9,16-18,29H,7,10-14H2,1-6H3,(H,26,28,31)/t16-,17+,18-,23-,39?/m1/s1. The molecule has 1 aliphatic heterocycles. The lowest BCUT2D eigenvalue weighted by Crippen LogP contribution is -2.48. The van der Waals surface area contributed by atoms with Gasteiger partial charge in [0, 0.05) is 12.3 Å². The van der Waals surface area contributed by atoms with Gasteiger partial charge >= 0.3 is 19.5 Å². The van der Waals surface area contributed by atoms with Crippen molar-refractivity contribution in [2.75, 3.05) is 33.3 Å². The van der Waals surface area contributed by atoms with Gasteiger partial charge in [-0.3, -0.25) is 33.2 Å². The van der Waals surface area contributed by atoms with Gasteiger partial charge in [0.2, 0.25) is 6.79 Å². The van der Waals surface area contributed by atoms with Crippen LogP contribution in [0.3, 0.4) is 0 Å². The van der Waals surface area contributed by atoms with Crippen LogP contribution < -0.4 is 11.2 Å². The molecule has 1 aliphatic rings. The highest BCUT2D eigenvalue weighted by Crippen LogP contribution is 2.51. The first-order chi connectivity index (χ1) is 17.9. The van der Waals surface area contributed by atoms with Crippen molar-refractivity contribution in [1.29, 1.82) is 0 Å². The van der Waals surface area contributed by atoms with Gasteiger partial charge in [-0.05, 0) is 32.9 Å². The molecular formula is C23H37FN3O11P. The van der Waals surface area contributed by atoms with Crippen LogP contribution >= 0.6 is 7.82 Å². The Labute approximate surface area is 225 Å². The van der Waals surface area contributed by atoms with Gasteiger partial charge in [0.25, 0.3) is 5.56 Å². The number of esters is 1. The van der Waals surface area contributed by atoms with Crippen LogP contribution in [0.4, 0.5) is 4.39 Å². The van der Waals surface area contributed by atoms with E-state index in [-0.39, 0.29) is 12.0 Å². The number of phosphoric acid groups is 1. The van der Waals surface area contributed by atoms with E-state index in [1.807, 2.05) is 25.8 Å². The smallest absolute Gasteiger partial charge is 0.437 e. The quantitative estimate of drug-likeness (QED) is 0.114. The van der Waals surface area contributed by atoms with Crippen LogP contribution in [-0.4, -0.2) is 78.6 Å². The summed E-state index contributed by atoms with van der Waals surface area (Å²) in [6.45, 7) is 11.4. The van der Waals surface area contributed by atoms with E-state index in [0.717, 1.165) is 16.8 Å². The first kappa shape index (κ1) is 32.9. The zero-order valence-electron chi connectivity index (χ0n) is 22.9. The number of alkyl halides is 1. The molecule has 2 rings (SSSR count). The lowest BCUT2D eigenvalue weighted by Gasteiger charge is -2.31. The number of carbonyl (C=O) groups excluding carboxylic acids is 1. The summed E-state index contributed by atoms with van der Waals surface area (Å²) in [5, 5.41) is 10.7.